The van der Waals surface area contributed by atoms with Gasteiger partial charge < -0.3 is 25.2 Å². The van der Waals surface area contributed by atoms with E-state index in [1.807, 2.05) is 36.4 Å². The third-order valence-corrected chi connectivity index (χ3v) is 6.05. The number of rotatable bonds is 7. The zero-order valence-corrected chi connectivity index (χ0v) is 18.7. The Morgan fingerprint density at radius 2 is 1.67 bits per heavy atom. The molecule has 3 N–H and O–H groups in total. The van der Waals surface area contributed by atoms with Crippen molar-refractivity contribution in [1.29, 1.82) is 0 Å². The van der Waals surface area contributed by atoms with Gasteiger partial charge in [-0.2, -0.15) is 0 Å². The van der Waals surface area contributed by atoms with E-state index in [0.29, 0.717) is 13.0 Å². The highest BCUT2D eigenvalue weighted by Gasteiger charge is 2.38. The molecule has 1 fully saturated rings. The largest absolute Gasteiger partial charge is 0.481 e. The SMILES string of the molecule is CC(C)(CC(=O)O)NC(=O)C1OCCC1NC(=O)OCC1c2ccccc2-c2ccccc21. The van der Waals surface area contributed by atoms with E-state index in [-0.39, 0.29) is 18.9 Å². The molecule has 0 radical (unpaired) electrons. The summed E-state index contributed by atoms with van der Waals surface area (Å²) >= 11 is 0. The number of hydrogen-bond donors (Lipinski definition) is 3. The summed E-state index contributed by atoms with van der Waals surface area (Å²) in [5.74, 6) is -1.53. The lowest BCUT2D eigenvalue weighted by molar-refractivity contribution is -0.139. The Kier molecular flexibility index (Phi) is 6.37. The average molecular weight is 453 g/mol. The van der Waals surface area contributed by atoms with Crippen LogP contribution in [0, 0.1) is 0 Å². The van der Waals surface area contributed by atoms with Gasteiger partial charge in [0.2, 0.25) is 0 Å². The Morgan fingerprint density at radius 3 is 2.27 bits per heavy atom. The van der Waals surface area contributed by atoms with E-state index in [9.17, 15) is 14.4 Å². The lowest BCUT2D eigenvalue weighted by atomic mass is 9.98. The van der Waals surface area contributed by atoms with Crippen LogP contribution >= 0.6 is 0 Å². The first-order valence-electron chi connectivity index (χ1n) is 11.0. The predicted octanol–water partition coefficient (Wildman–Crippen LogP) is 3.05. The molecule has 8 nitrogen and oxygen atoms in total. The molecule has 33 heavy (non-hydrogen) atoms. The summed E-state index contributed by atoms with van der Waals surface area (Å²) in [4.78, 5) is 36.2. The Bertz CT molecular complexity index is 1020. The molecule has 0 aromatic heterocycles. The van der Waals surface area contributed by atoms with Crippen molar-refractivity contribution < 1.29 is 29.0 Å². The first-order valence-corrected chi connectivity index (χ1v) is 11.0. The summed E-state index contributed by atoms with van der Waals surface area (Å²) in [6, 6.07) is 15.6. The fourth-order valence-corrected chi connectivity index (χ4v) is 4.61. The second-order valence-electron chi connectivity index (χ2n) is 9.10. The Morgan fingerprint density at radius 1 is 1.06 bits per heavy atom. The summed E-state index contributed by atoms with van der Waals surface area (Å²) in [6.45, 7) is 3.74. The molecule has 2 amide bonds. The molecule has 2 atom stereocenters. The minimum Gasteiger partial charge on any atom is -0.481 e. The van der Waals surface area contributed by atoms with Crippen molar-refractivity contribution in [3.63, 3.8) is 0 Å². The van der Waals surface area contributed by atoms with Gasteiger partial charge >= 0.3 is 12.1 Å². The summed E-state index contributed by atoms with van der Waals surface area (Å²) < 4.78 is 11.1. The summed E-state index contributed by atoms with van der Waals surface area (Å²) in [5.41, 5.74) is 3.59. The highest BCUT2D eigenvalue weighted by atomic mass is 16.6. The van der Waals surface area contributed by atoms with E-state index < -0.39 is 35.7 Å². The molecule has 1 heterocycles. The van der Waals surface area contributed by atoms with Crippen LogP contribution < -0.4 is 10.6 Å². The smallest absolute Gasteiger partial charge is 0.407 e. The van der Waals surface area contributed by atoms with Crippen molar-refractivity contribution in [2.75, 3.05) is 13.2 Å². The molecule has 2 aliphatic rings. The van der Waals surface area contributed by atoms with E-state index >= 15 is 0 Å². The molecular formula is C25H28N2O6. The Labute approximate surface area is 192 Å². The molecular weight excluding hydrogens is 424 g/mol. The van der Waals surface area contributed by atoms with Crippen LogP contribution in [0.25, 0.3) is 11.1 Å². The molecule has 0 bridgehead atoms. The van der Waals surface area contributed by atoms with Crippen LogP contribution in [0.1, 0.15) is 43.7 Å². The maximum Gasteiger partial charge on any atom is 0.407 e. The van der Waals surface area contributed by atoms with Gasteiger partial charge in [0.15, 0.2) is 6.10 Å². The number of ether oxygens (including phenoxy) is 2. The number of carbonyl (C=O) groups is 3. The minimum absolute atomic E-state index is 0.0566. The van der Waals surface area contributed by atoms with Crippen molar-refractivity contribution in [2.45, 2.75) is 50.3 Å². The average Bonchev–Trinajstić information content (AvgIpc) is 3.33. The van der Waals surface area contributed by atoms with Crippen LogP contribution in [-0.2, 0) is 19.1 Å². The van der Waals surface area contributed by atoms with Crippen LogP contribution in [0.5, 0.6) is 0 Å². The summed E-state index contributed by atoms with van der Waals surface area (Å²) in [7, 11) is 0. The molecule has 1 aliphatic heterocycles. The van der Waals surface area contributed by atoms with Gasteiger partial charge in [0, 0.05) is 18.1 Å². The van der Waals surface area contributed by atoms with Crippen molar-refractivity contribution in [1.82, 2.24) is 10.6 Å². The van der Waals surface area contributed by atoms with Crippen LogP contribution in [0.4, 0.5) is 4.79 Å². The number of alkyl carbamates (subject to hydrolysis) is 1. The number of hydrogen-bond acceptors (Lipinski definition) is 5. The summed E-state index contributed by atoms with van der Waals surface area (Å²) in [6.07, 6.45) is -1.29. The molecule has 174 valence electrons. The van der Waals surface area contributed by atoms with Crippen molar-refractivity contribution in [2.24, 2.45) is 0 Å². The minimum atomic E-state index is -1.01. The molecule has 2 unspecified atom stereocenters. The lowest BCUT2D eigenvalue weighted by Crippen LogP contribution is -2.54. The second-order valence-corrected chi connectivity index (χ2v) is 9.10. The highest BCUT2D eigenvalue weighted by molar-refractivity contribution is 5.84. The number of carboxylic acid groups (broad SMARTS) is 1. The fraction of sp³-hybridized carbons (Fsp3) is 0.400. The topological polar surface area (TPSA) is 114 Å². The van der Waals surface area contributed by atoms with Crippen molar-refractivity contribution in [3.8, 4) is 11.1 Å². The number of carbonyl (C=O) groups excluding carboxylic acids is 2. The fourth-order valence-electron chi connectivity index (χ4n) is 4.61. The zero-order valence-electron chi connectivity index (χ0n) is 18.7. The van der Waals surface area contributed by atoms with Gasteiger partial charge in [-0.15, -0.1) is 0 Å². The molecule has 2 aromatic rings. The van der Waals surface area contributed by atoms with Gasteiger partial charge in [-0.3, -0.25) is 9.59 Å². The Balaban J connectivity index is 1.36. The van der Waals surface area contributed by atoms with E-state index in [1.54, 1.807) is 13.8 Å². The maximum absolute atomic E-state index is 12.7. The van der Waals surface area contributed by atoms with E-state index in [0.717, 1.165) is 22.3 Å². The molecule has 4 rings (SSSR count). The van der Waals surface area contributed by atoms with Gasteiger partial charge in [-0.05, 0) is 42.5 Å². The van der Waals surface area contributed by atoms with Gasteiger partial charge in [0.25, 0.3) is 5.91 Å². The lowest BCUT2D eigenvalue weighted by Gasteiger charge is -2.27. The van der Waals surface area contributed by atoms with Crippen molar-refractivity contribution in [3.05, 3.63) is 59.7 Å². The third kappa shape index (κ3) is 5.01. The number of benzene rings is 2. The van der Waals surface area contributed by atoms with Gasteiger partial charge in [0.1, 0.15) is 6.61 Å². The first-order chi connectivity index (χ1) is 15.7. The summed E-state index contributed by atoms with van der Waals surface area (Å²) in [5, 5.41) is 14.5. The van der Waals surface area contributed by atoms with Gasteiger partial charge in [-0.1, -0.05) is 48.5 Å². The van der Waals surface area contributed by atoms with Crippen LogP contribution in [-0.4, -0.2) is 54.0 Å². The number of carboxylic acids is 1. The van der Waals surface area contributed by atoms with Crippen molar-refractivity contribution >= 4 is 18.0 Å². The standard InChI is InChI=1S/C25H28N2O6/c1-25(2,13-21(28)29)27-23(30)22-20(11-12-32-22)26-24(31)33-14-19-17-9-5-3-7-15(17)16-8-4-6-10-18(16)19/h3-10,19-20,22H,11-14H2,1-2H3,(H,26,31)(H,27,30)(H,28,29). The number of aliphatic carboxylic acids is 1. The highest BCUT2D eigenvalue weighted by Crippen LogP contribution is 2.44. The second kappa shape index (κ2) is 9.23. The molecule has 1 saturated heterocycles. The first kappa shape index (κ1) is 22.8. The van der Waals surface area contributed by atoms with Crippen LogP contribution in [0.15, 0.2) is 48.5 Å². The molecule has 8 heteroatoms. The third-order valence-electron chi connectivity index (χ3n) is 6.05. The van der Waals surface area contributed by atoms with E-state index in [1.165, 1.54) is 0 Å². The van der Waals surface area contributed by atoms with Gasteiger partial charge in [-0.25, -0.2) is 4.79 Å². The molecule has 0 spiro atoms. The number of nitrogens with one attached hydrogen (secondary N) is 2. The zero-order chi connectivity index (χ0) is 23.6. The molecule has 2 aromatic carbocycles. The monoisotopic (exact) mass is 452 g/mol. The van der Waals surface area contributed by atoms with E-state index in [4.69, 9.17) is 14.6 Å². The van der Waals surface area contributed by atoms with Gasteiger partial charge in [0.05, 0.1) is 12.5 Å². The number of amides is 2. The van der Waals surface area contributed by atoms with Crippen LogP contribution in [0.2, 0.25) is 0 Å². The number of fused-ring (bicyclic) bond motifs is 3. The normalized spacial score (nSPS) is 19.5. The van der Waals surface area contributed by atoms with E-state index in [2.05, 4.69) is 22.8 Å². The maximum atomic E-state index is 12.7. The van der Waals surface area contributed by atoms with Crippen LogP contribution in [0.3, 0.4) is 0 Å². The molecule has 1 aliphatic carbocycles. The quantitative estimate of drug-likeness (QED) is 0.595. The predicted molar refractivity (Wildman–Crippen MR) is 121 cm³/mol. The molecule has 0 saturated carbocycles. The Hall–Kier alpha value is -3.39.